The lowest BCUT2D eigenvalue weighted by molar-refractivity contribution is 0.201. The summed E-state index contributed by atoms with van der Waals surface area (Å²) in [6.07, 6.45) is 0. The molecule has 2 N–H and O–H groups in total. The van der Waals surface area contributed by atoms with E-state index in [1.54, 1.807) is 24.3 Å². The average Bonchev–Trinajstić information content (AvgIpc) is 2.46. The van der Waals surface area contributed by atoms with E-state index in [1.165, 1.54) is 6.07 Å². The summed E-state index contributed by atoms with van der Waals surface area (Å²) in [6, 6.07) is 11.8. The number of hydrogen-bond donors (Lipinski definition) is 2. The zero-order chi connectivity index (χ0) is 14.4. The maximum atomic E-state index is 13.6. The SMILES string of the molecule is OCCOc1ccc(NCc2c(F)cccc2Cl)cc1. The summed E-state index contributed by atoms with van der Waals surface area (Å²) >= 11 is 5.95. The molecule has 0 unspecified atom stereocenters. The fraction of sp³-hybridized carbons (Fsp3) is 0.200. The highest BCUT2D eigenvalue weighted by Gasteiger charge is 2.06. The third-order valence-electron chi connectivity index (χ3n) is 2.75. The van der Waals surface area contributed by atoms with Crippen molar-refractivity contribution >= 4 is 17.3 Å². The molecule has 0 aromatic heterocycles. The number of ether oxygens (including phenoxy) is 1. The summed E-state index contributed by atoms with van der Waals surface area (Å²) in [5.41, 5.74) is 1.27. The molecule has 20 heavy (non-hydrogen) atoms. The molecule has 0 aliphatic heterocycles. The molecule has 0 fully saturated rings. The lowest BCUT2D eigenvalue weighted by Crippen LogP contribution is -2.03. The Morgan fingerprint density at radius 1 is 1.15 bits per heavy atom. The number of hydrogen-bond acceptors (Lipinski definition) is 3. The van der Waals surface area contributed by atoms with Crippen molar-refractivity contribution in [3.05, 3.63) is 58.9 Å². The molecule has 0 amide bonds. The van der Waals surface area contributed by atoms with Gasteiger partial charge in [0.25, 0.3) is 0 Å². The topological polar surface area (TPSA) is 41.5 Å². The molecule has 2 aromatic rings. The van der Waals surface area contributed by atoms with E-state index in [9.17, 15) is 4.39 Å². The number of nitrogens with one attached hydrogen (secondary N) is 1. The number of aliphatic hydroxyl groups excluding tert-OH is 1. The van der Waals surface area contributed by atoms with Gasteiger partial charge in [0.2, 0.25) is 0 Å². The van der Waals surface area contributed by atoms with Crippen molar-refractivity contribution in [3.63, 3.8) is 0 Å². The summed E-state index contributed by atoms with van der Waals surface area (Å²) < 4.78 is 18.8. The summed E-state index contributed by atoms with van der Waals surface area (Å²) in [6.45, 7) is 0.547. The monoisotopic (exact) mass is 295 g/mol. The molecule has 5 heteroatoms. The van der Waals surface area contributed by atoms with Crippen LogP contribution in [0.25, 0.3) is 0 Å². The Morgan fingerprint density at radius 2 is 1.90 bits per heavy atom. The van der Waals surface area contributed by atoms with Gasteiger partial charge in [-0.05, 0) is 36.4 Å². The average molecular weight is 296 g/mol. The van der Waals surface area contributed by atoms with Crippen LogP contribution >= 0.6 is 11.6 Å². The highest BCUT2D eigenvalue weighted by atomic mass is 35.5. The molecule has 2 aromatic carbocycles. The molecule has 0 radical (unpaired) electrons. The van der Waals surface area contributed by atoms with Crippen LogP contribution in [0, 0.1) is 5.82 Å². The number of halogens is 2. The fourth-order valence-corrected chi connectivity index (χ4v) is 1.95. The van der Waals surface area contributed by atoms with Gasteiger partial charge in [-0.15, -0.1) is 0 Å². The first-order valence-electron chi connectivity index (χ1n) is 6.21. The molecular weight excluding hydrogens is 281 g/mol. The van der Waals surface area contributed by atoms with Gasteiger partial charge >= 0.3 is 0 Å². The minimum absolute atomic E-state index is 0.0220. The molecular formula is C15H15ClFNO2. The largest absolute Gasteiger partial charge is 0.491 e. The minimum Gasteiger partial charge on any atom is -0.491 e. The van der Waals surface area contributed by atoms with E-state index in [2.05, 4.69) is 5.32 Å². The molecule has 0 bridgehead atoms. The van der Waals surface area contributed by atoms with Gasteiger partial charge in [0, 0.05) is 22.8 Å². The quantitative estimate of drug-likeness (QED) is 0.857. The van der Waals surface area contributed by atoms with Crippen molar-refractivity contribution in [3.8, 4) is 5.75 Å². The Bertz CT molecular complexity index is 540. The first-order valence-corrected chi connectivity index (χ1v) is 6.59. The maximum absolute atomic E-state index is 13.6. The van der Waals surface area contributed by atoms with Crippen molar-refractivity contribution in [2.45, 2.75) is 6.54 Å². The summed E-state index contributed by atoms with van der Waals surface area (Å²) in [5, 5.41) is 12.2. The third kappa shape index (κ3) is 3.85. The number of anilines is 1. The van der Waals surface area contributed by atoms with E-state index >= 15 is 0 Å². The lowest BCUT2D eigenvalue weighted by Gasteiger charge is -2.10. The van der Waals surface area contributed by atoms with Crippen molar-refractivity contribution in [1.82, 2.24) is 0 Å². The van der Waals surface area contributed by atoms with Crippen LogP contribution in [0.1, 0.15) is 5.56 Å². The standard InChI is InChI=1S/C15H15ClFNO2/c16-14-2-1-3-15(17)13(14)10-18-11-4-6-12(7-5-11)20-9-8-19/h1-7,18-19H,8-10H2. The summed E-state index contributed by atoms with van der Waals surface area (Å²) in [5.74, 6) is 0.349. The second-order valence-electron chi connectivity index (χ2n) is 4.15. The third-order valence-corrected chi connectivity index (χ3v) is 3.10. The van der Waals surface area contributed by atoms with E-state index in [0.717, 1.165) is 5.69 Å². The van der Waals surface area contributed by atoms with Crippen molar-refractivity contribution in [1.29, 1.82) is 0 Å². The molecule has 0 saturated heterocycles. The Labute approximate surface area is 122 Å². The summed E-state index contributed by atoms with van der Waals surface area (Å²) in [4.78, 5) is 0. The van der Waals surface area contributed by atoms with Crippen molar-refractivity contribution in [2.75, 3.05) is 18.5 Å². The zero-order valence-electron chi connectivity index (χ0n) is 10.8. The van der Waals surface area contributed by atoms with Crippen LogP contribution in [0.4, 0.5) is 10.1 Å². The highest BCUT2D eigenvalue weighted by molar-refractivity contribution is 6.31. The molecule has 0 heterocycles. The van der Waals surface area contributed by atoms with Gasteiger partial charge < -0.3 is 15.2 Å². The second-order valence-corrected chi connectivity index (χ2v) is 4.56. The van der Waals surface area contributed by atoms with Gasteiger partial charge in [-0.1, -0.05) is 17.7 Å². The first-order chi connectivity index (χ1) is 9.70. The van der Waals surface area contributed by atoms with Gasteiger partial charge in [0.05, 0.1) is 6.61 Å². The van der Waals surface area contributed by atoms with Crippen LogP contribution in [0.3, 0.4) is 0 Å². The smallest absolute Gasteiger partial charge is 0.129 e. The molecule has 2 rings (SSSR count). The van der Waals surface area contributed by atoms with E-state index in [-0.39, 0.29) is 19.0 Å². The van der Waals surface area contributed by atoms with E-state index in [1.807, 2.05) is 12.1 Å². The molecule has 0 atom stereocenters. The molecule has 0 saturated carbocycles. The predicted molar refractivity (Wildman–Crippen MR) is 77.8 cm³/mol. The zero-order valence-corrected chi connectivity index (χ0v) is 11.5. The normalized spacial score (nSPS) is 10.3. The molecule has 3 nitrogen and oxygen atoms in total. The lowest BCUT2D eigenvalue weighted by atomic mass is 10.2. The number of rotatable bonds is 6. The van der Waals surface area contributed by atoms with E-state index < -0.39 is 0 Å². The van der Waals surface area contributed by atoms with Crippen LogP contribution in [-0.2, 0) is 6.54 Å². The Morgan fingerprint density at radius 3 is 2.55 bits per heavy atom. The van der Waals surface area contributed by atoms with Gasteiger partial charge in [-0.25, -0.2) is 4.39 Å². The first kappa shape index (κ1) is 14.6. The molecule has 106 valence electrons. The van der Waals surface area contributed by atoms with Gasteiger partial charge in [0.1, 0.15) is 18.2 Å². The maximum Gasteiger partial charge on any atom is 0.129 e. The molecule has 0 spiro atoms. The second kappa shape index (κ2) is 7.12. The minimum atomic E-state index is -0.326. The number of benzene rings is 2. The highest BCUT2D eigenvalue weighted by Crippen LogP contribution is 2.21. The molecule has 0 aliphatic carbocycles. The fourth-order valence-electron chi connectivity index (χ4n) is 1.72. The Hall–Kier alpha value is -1.78. The van der Waals surface area contributed by atoms with Crippen molar-refractivity contribution < 1.29 is 14.2 Å². The molecule has 0 aliphatic rings. The summed E-state index contributed by atoms with van der Waals surface area (Å²) in [7, 11) is 0. The van der Waals surface area contributed by atoms with Crippen LogP contribution < -0.4 is 10.1 Å². The van der Waals surface area contributed by atoms with Crippen LogP contribution in [-0.4, -0.2) is 18.3 Å². The van der Waals surface area contributed by atoms with Crippen LogP contribution in [0.5, 0.6) is 5.75 Å². The Balaban J connectivity index is 1.97. The van der Waals surface area contributed by atoms with E-state index in [4.69, 9.17) is 21.4 Å². The van der Waals surface area contributed by atoms with Gasteiger partial charge in [-0.3, -0.25) is 0 Å². The van der Waals surface area contributed by atoms with Crippen LogP contribution in [0.2, 0.25) is 5.02 Å². The van der Waals surface area contributed by atoms with Crippen LogP contribution in [0.15, 0.2) is 42.5 Å². The van der Waals surface area contributed by atoms with Crippen molar-refractivity contribution in [2.24, 2.45) is 0 Å². The van der Waals surface area contributed by atoms with E-state index in [0.29, 0.717) is 22.9 Å². The predicted octanol–water partition coefficient (Wildman–Crippen LogP) is 3.46. The Kier molecular flexibility index (Phi) is 5.21. The number of aliphatic hydroxyl groups is 1. The van der Waals surface area contributed by atoms with Gasteiger partial charge in [-0.2, -0.15) is 0 Å². The van der Waals surface area contributed by atoms with Gasteiger partial charge in [0.15, 0.2) is 0 Å².